The smallest absolute Gasteiger partial charge is 0.246 e. The minimum Gasteiger partial charge on any atom is -0.323 e. The highest BCUT2D eigenvalue weighted by Crippen LogP contribution is 2.14. The fraction of sp³-hybridized carbons (Fsp3) is 0.250. The Morgan fingerprint density at radius 1 is 1.67 bits per heavy atom. The first kappa shape index (κ1) is 12.1. The largest absolute Gasteiger partial charge is 0.323 e. The van der Waals surface area contributed by atoms with Crippen LogP contribution in [0.3, 0.4) is 0 Å². The number of carbonyl (C=O) groups excluding carboxylic acids is 1. The number of aryl methyl sites for hydroxylation is 1. The zero-order valence-electron chi connectivity index (χ0n) is 10.4. The molecule has 0 fully saturated rings. The molecule has 2 rings (SSSR count). The number of hydrogen-bond donors (Lipinski definition) is 1. The summed E-state index contributed by atoms with van der Waals surface area (Å²) in [4.78, 5) is 11.6. The van der Waals surface area contributed by atoms with Crippen LogP contribution in [0.1, 0.15) is 12.5 Å². The van der Waals surface area contributed by atoms with Gasteiger partial charge in [0.25, 0.3) is 0 Å². The van der Waals surface area contributed by atoms with Crippen molar-refractivity contribution in [1.82, 2.24) is 20.1 Å². The molecule has 0 aromatic carbocycles. The zero-order chi connectivity index (χ0) is 13.1. The molecule has 0 aliphatic carbocycles. The van der Waals surface area contributed by atoms with Crippen molar-refractivity contribution in [3.8, 4) is 0 Å². The van der Waals surface area contributed by atoms with E-state index in [1.807, 2.05) is 20.2 Å². The summed E-state index contributed by atoms with van der Waals surface area (Å²) in [5.74, 6) is -0.102. The van der Waals surface area contributed by atoms with E-state index in [4.69, 9.17) is 0 Å². The van der Waals surface area contributed by atoms with Crippen LogP contribution in [0.5, 0.6) is 0 Å². The highest BCUT2D eigenvalue weighted by atomic mass is 16.2. The molecule has 6 heteroatoms. The number of allylic oxidation sites excluding steroid dienone is 1. The monoisotopic (exact) mass is 245 g/mol. The summed E-state index contributed by atoms with van der Waals surface area (Å²) in [6, 6.07) is 0. The van der Waals surface area contributed by atoms with Crippen molar-refractivity contribution in [2.45, 2.75) is 6.92 Å². The number of rotatable bonds is 3. The standard InChI is InChI=1S/C12H15N5O/c1-9(2)4-14-17-7-11(15-12(18)8-17)10-5-13-16(3)6-10/h4-7H,1,8H2,2-3H3,(H,15,18)/b14-4-. The van der Waals surface area contributed by atoms with Gasteiger partial charge in [-0.2, -0.15) is 10.2 Å². The topological polar surface area (TPSA) is 62.5 Å². The molecule has 1 aliphatic heterocycles. The Kier molecular flexibility index (Phi) is 3.27. The molecule has 0 radical (unpaired) electrons. The third-order valence-electron chi connectivity index (χ3n) is 2.30. The minimum absolute atomic E-state index is 0.102. The first-order valence-corrected chi connectivity index (χ1v) is 5.51. The van der Waals surface area contributed by atoms with Crippen molar-refractivity contribution in [3.63, 3.8) is 0 Å². The predicted molar refractivity (Wildman–Crippen MR) is 69.3 cm³/mol. The number of aromatic nitrogens is 2. The Labute approximate surface area is 105 Å². The molecule has 1 N–H and O–H groups in total. The molecule has 1 aliphatic rings. The molecule has 18 heavy (non-hydrogen) atoms. The number of nitrogens with zero attached hydrogens (tertiary/aromatic N) is 4. The second-order valence-electron chi connectivity index (χ2n) is 4.18. The summed E-state index contributed by atoms with van der Waals surface area (Å²) in [7, 11) is 1.83. The minimum atomic E-state index is -0.102. The molecule has 0 bridgehead atoms. The maximum atomic E-state index is 11.6. The van der Waals surface area contributed by atoms with Gasteiger partial charge in [0.05, 0.1) is 11.9 Å². The lowest BCUT2D eigenvalue weighted by molar-refractivity contribution is -0.121. The Balaban J connectivity index is 2.24. The number of carbonyl (C=O) groups is 1. The molecule has 1 aromatic rings. The molecule has 6 nitrogen and oxygen atoms in total. The maximum absolute atomic E-state index is 11.6. The average molecular weight is 245 g/mol. The van der Waals surface area contributed by atoms with Gasteiger partial charge >= 0.3 is 0 Å². The maximum Gasteiger partial charge on any atom is 0.246 e. The molecule has 0 saturated carbocycles. The van der Waals surface area contributed by atoms with Crippen molar-refractivity contribution in [3.05, 3.63) is 36.3 Å². The Morgan fingerprint density at radius 3 is 3.06 bits per heavy atom. The molecule has 0 atom stereocenters. The summed E-state index contributed by atoms with van der Waals surface area (Å²) < 4.78 is 1.68. The van der Waals surface area contributed by atoms with Crippen LogP contribution in [0.4, 0.5) is 0 Å². The second-order valence-corrected chi connectivity index (χ2v) is 4.18. The van der Waals surface area contributed by atoms with Crippen LogP contribution in [0.15, 0.2) is 35.8 Å². The molecular formula is C12H15N5O. The van der Waals surface area contributed by atoms with Crippen molar-refractivity contribution in [1.29, 1.82) is 0 Å². The number of hydrazone groups is 1. The van der Waals surface area contributed by atoms with E-state index >= 15 is 0 Å². The van der Waals surface area contributed by atoms with Gasteiger partial charge in [-0.3, -0.25) is 14.5 Å². The fourth-order valence-electron chi connectivity index (χ4n) is 1.52. The predicted octanol–water partition coefficient (Wildman–Crippen LogP) is 0.712. The zero-order valence-corrected chi connectivity index (χ0v) is 10.4. The van der Waals surface area contributed by atoms with E-state index < -0.39 is 0 Å². The van der Waals surface area contributed by atoms with Gasteiger partial charge in [-0.1, -0.05) is 6.58 Å². The van der Waals surface area contributed by atoms with E-state index in [2.05, 4.69) is 22.1 Å². The number of nitrogens with one attached hydrogen (secondary N) is 1. The van der Waals surface area contributed by atoms with Crippen LogP contribution in [-0.2, 0) is 11.8 Å². The summed E-state index contributed by atoms with van der Waals surface area (Å²) in [6.45, 7) is 5.78. The molecule has 0 saturated heterocycles. The summed E-state index contributed by atoms with van der Waals surface area (Å²) >= 11 is 0. The third-order valence-corrected chi connectivity index (χ3v) is 2.30. The molecular weight excluding hydrogens is 230 g/mol. The van der Waals surface area contributed by atoms with Gasteiger partial charge in [0, 0.05) is 31.2 Å². The molecule has 94 valence electrons. The molecule has 1 amide bonds. The van der Waals surface area contributed by atoms with Crippen LogP contribution in [0.2, 0.25) is 0 Å². The second kappa shape index (κ2) is 4.87. The van der Waals surface area contributed by atoms with Crippen LogP contribution in [0, 0.1) is 0 Å². The lowest BCUT2D eigenvalue weighted by Crippen LogP contribution is -2.36. The van der Waals surface area contributed by atoms with Gasteiger partial charge < -0.3 is 5.32 Å². The SMILES string of the molecule is C=C(C)/C=N\N1C=C(c2cnn(C)c2)NC(=O)C1. The molecule has 0 spiro atoms. The summed E-state index contributed by atoms with van der Waals surface area (Å²) in [5, 5.41) is 12.6. The van der Waals surface area contributed by atoms with Gasteiger partial charge in [0.2, 0.25) is 5.91 Å². The van der Waals surface area contributed by atoms with E-state index in [1.54, 1.807) is 28.3 Å². The normalized spacial score (nSPS) is 15.8. The van der Waals surface area contributed by atoms with Crippen LogP contribution < -0.4 is 5.32 Å². The van der Waals surface area contributed by atoms with Crippen molar-refractivity contribution in [2.24, 2.45) is 12.1 Å². The average Bonchev–Trinajstić information content (AvgIpc) is 2.72. The van der Waals surface area contributed by atoms with E-state index in [0.717, 1.165) is 11.1 Å². The van der Waals surface area contributed by atoms with E-state index in [0.29, 0.717) is 5.70 Å². The lowest BCUT2D eigenvalue weighted by Gasteiger charge is -2.21. The van der Waals surface area contributed by atoms with Crippen molar-refractivity contribution >= 4 is 17.8 Å². The van der Waals surface area contributed by atoms with E-state index in [9.17, 15) is 4.79 Å². The van der Waals surface area contributed by atoms with Gasteiger partial charge in [-0.25, -0.2) is 0 Å². The van der Waals surface area contributed by atoms with Crippen LogP contribution >= 0.6 is 0 Å². The fourth-order valence-corrected chi connectivity index (χ4v) is 1.52. The quantitative estimate of drug-likeness (QED) is 0.798. The van der Waals surface area contributed by atoms with Crippen molar-refractivity contribution < 1.29 is 4.79 Å². The molecule has 0 unspecified atom stereocenters. The van der Waals surface area contributed by atoms with Gasteiger partial charge in [-0.05, 0) is 12.5 Å². The van der Waals surface area contributed by atoms with E-state index in [-0.39, 0.29) is 12.5 Å². The first-order chi connectivity index (χ1) is 8.54. The molecule has 2 heterocycles. The van der Waals surface area contributed by atoms with Gasteiger partial charge in [0.1, 0.15) is 6.54 Å². The van der Waals surface area contributed by atoms with Crippen LogP contribution in [-0.4, -0.2) is 33.5 Å². The highest BCUT2D eigenvalue weighted by Gasteiger charge is 2.17. The molecule has 1 aromatic heterocycles. The third kappa shape index (κ3) is 2.85. The number of hydrogen-bond acceptors (Lipinski definition) is 4. The van der Waals surface area contributed by atoms with E-state index in [1.165, 1.54) is 0 Å². The Hall–Kier alpha value is -2.37. The first-order valence-electron chi connectivity index (χ1n) is 5.51. The van der Waals surface area contributed by atoms with Gasteiger partial charge in [-0.15, -0.1) is 0 Å². The van der Waals surface area contributed by atoms with Gasteiger partial charge in [0.15, 0.2) is 0 Å². The summed E-state index contributed by atoms with van der Waals surface area (Å²) in [6.07, 6.45) is 6.92. The Bertz CT molecular complexity index is 540. The van der Waals surface area contributed by atoms with Crippen LogP contribution in [0.25, 0.3) is 5.70 Å². The van der Waals surface area contributed by atoms with Crippen molar-refractivity contribution in [2.75, 3.05) is 6.54 Å². The number of amides is 1. The Morgan fingerprint density at radius 2 is 2.44 bits per heavy atom. The summed E-state index contributed by atoms with van der Waals surface area (Å²) in [5.41, 5.74) is 2.37. The highest BCUT2D eigenvalue weighted by molar-refractivity contribution is 5.90. The lowest BCUT2D eigenvalue weighted by atomic mass is 10.2.